The Balaban J connectivity index is 2.22. The minimum absolute atomic E-state index is 0.155. The molecule has 1 fully saturated rings. The van der Waals surface area contributed by atoms with E-state index in [1.807, 2.05) is 0 Å². The molecule has 1 saturated heterocycles. The van der Waals surface area contributed by atoms with Gasteiger partial charge in [0.05, 0.1) is 22.9 Å². The summed E-state index contributed by atoms with van der Waals surface area (Å²) in [5.41, 5.74) is -0.763. The molecule has 110 valence electrons. The fraction of sp³-hybridized carbons (Fsp3) is 0.364. The van der Waals surface area contributed by atoms with Gasteiger partial charge in [0.25, 0.3) is 5.91 Å². The lowest BCUT2D eigenvalue weighted by molar-refractivity contribution is 0.0933. The molecular weight excluding hydrogens is 380 g/mol. The Morgan fingerprint density at radius 1 is 1.30 bits per heavy atom. The molecule has 1 heterocycles. The average Bonchev–Trinajstić information content (AvgIpc) is 2.49. The third kappa shape index (κ3) is 3.29. The van der Waals surface area contributed by atoms with E-state index in [-0.39, 0.29) is 16.0 Å². The van der Waals surface area contributed by atoms with Gasteiger partial charge in [0.2, 0.25) is 0 Å². The molecule has 1 N–H and O–H groups in total. The fourth-order valence-electron chi connectivity index (χ4n) is 1.94. The molecule has 0 spiro atoms. The number of hydrogen-bond donors (Lipinski definition) is 1. The Kier molecular flexibility index (Phi) is 4.36. The summed E-state index contributed by atoms with van der Waals surface area (Å²) in [5.74, 6) is -3.72. The van der Waals surface area contributed by atoms with Gasteiger partial charge in [-0.2, -0.15) is 0 Å². The van der Waals surface area contributed by atoms with Gasteiger partial charge >= 0.3 is 0 Å². The van der Waals surface area contributed by atoms with E-state index in [1.165, 1.54) is 0 Å². The third-order valence-electron chi connectivity index (χ3n) is 2.83. The van der Waals surface area contributed by atoms with Crippen LogP contribution in [0.5, 0.6) is 0 Å². The lowest BCUT2D eigenvalue weighted by Gasteiger charge is -2.15. The number of rotatable bonds is 2. The molecule has 2 rings (SSSR count). The highest BCUT2D eigenvalue weighted by Gasteiger charge is 2.38. The standard InChI is InChI=1S/C11H9BrClF2NO3S/c12-5-1-7(14)10(8(15)2-5)11(17)16-9-4-20(18,19)3-6(9)13/h1-2,6,9H,3-4H2,(H,16,17). The van der Waals surface area contributed by atoms with E-state index in [1.54, 1.807) is 0 Å². The van der Waals surface area contributed by atoms with Gasteiger partial charge in [-0.3, -0.25) is 4.79 Å². The molecule has 1 aliphatic rings. The van der Waals surface area contributed by atoms with E-state index in [0.29, 0.717) is 0 Å². The normalized spacial score (nSPS) is 24.6. The minimum atomic E-state index is -3.34. The highest BCUT2D eigenvalue weighted by Crippen LogP contribution is 2.22. The predicted octanol–water partition coefficient (Wildman–Crippen LogP) is 1.86. The van der Waals surface area contributed by atoms with Crippen molar-refractivity contribution in [2.75, 3.05) is 11.5 Å². The van der Waals surface area contributed by atoms with Gasteiger partial charge in [0.1, 0.15) is 17.2 Å². The first-order valence-corrected chi connectivity index (χ1v) is 8.54. The lowest BCUT2D eigenvalue weighted by Crippen LogP contribution is -2.41. The van der Waals surface area contributed by atoms with Crippen LogP contribution in [-0.4, -0.2) is 37.2 Å². The maximum atomic E-state index is 13.6. The molecule has 4 nitrogen and oxygen atoms in total. The first kappa shape index (κ1) is 15.7. The zero-order chi connectivity index (χ0) is 15.1. The summed E-state index contributed by atoms with van der Waals surface area (Å²) in [6.45, 7) is 0. The number of sulfone groups is 1. The monoisotopic (exact) mass is 387 g/mol. The van der Waals surface area contributed by atoms with Crippen LogP contribution in [0.3, 0.4) is 0 Å². The molecule has 2 atom stereocenters. The summed E-state index contributed by atoms with van der Waals surface area (Å²) in [5, 5.41) is 1.44. The number of hydrogen-bond acceptors (Lipinski definition) is 3. The number of amides is 1. The molecule has 2 unspecified atom stereocenters. The van der Waals surface area contributed by atoms with E-state index in [9.17, 15) is 22.0 Å². The van der Waals surface area contributed by atoms with Crippen molar-refractivity contribution in [2.24, 2.45) is 0 Å². The summed E-state index contributed by atoms with van der Waals surface area (Å²) in [6, 6.07) is 1.03. The first-order valence-electron chi connectivity index (χ1n) is 5.49. The maximum Gasteiger partial charge on any atom is 0.257 e. The van der Waals surface area contributed by atoms with Gasteiger partial charge in [-0.05, 0) is 12.1 Å². The molecule has 9 heteroatoms. The molecule has 1 amide bonds. The summed E-state index contributed by atoms with van der Waals surface area (Å²) in [7, 11) is -3.34. The van der Waals surface area contributed by atoms with Crippen LogP contribution in [-0.2, 0) is 9.84 Å². The molecular formula is C11H9BrClF2NO3S. The molecule has 0 aromatic heterocycles. The van der Waals surface area contributed by atoms with E-state index < -0.39 is 44.4 Å². The number of nitrogens with one attached hydrogen (secondary N) is 1. The van der Waals surface area contributed by atoms with Crippen LogP contribution in [0, 0.1) is 11.6 Å². The highest BCUT2D eigenvalue weighted by molar-refractivity contribution is 9.10. The smallest absolute Gasteiger partial charge is 0.257 e. The highest BCUT2D eigenvalue weighted by atomic mass is 79.9. The second-order valence-corrected chi connectivity index (χ2v) is 8.05. The number of alkyl halides is 1. The van der Waals surface area contributed by atoms with Crippen LogP contribution in [0.25, 0.3) is 0 Å². The van der Waals surface area contributed by atoms with Crippen LogP contribution >= 0.6 is 27.5 Å². The zero-order valence-corrected chi connectivity index (χ0v) is 13.0. The van der Waals surface area contributed by atoms with Gasteiger partial charge in [-0.25, -0.2) is 17.2 Å². The van der Waals surface area contributed by atoms with Gasteiger partial charge in [0, 0.05) is 4.47 Å². The number of carbonyl (C=O) groups is 1. The molecule has 20 heavy (non-hydrogen) atoms. The Labute approximate surface area is 127 Å². The summed E-state index contributed by atoms with van der Waals surface area (Å²) >= 11 is 8.71. The van der Waals surface area contributed by atoms with Crippen molar-refractivity contribution in [3.05, 3.63) is 33.8 Å². The Morgan fingerprint density at radius 3 is 2.30 bits per heavy atom. The minimum Gasteiger partial charge on any atom is -0.347 e. The second kappa shape index (κ2) is 5.57. The van der Waals surface area contributed by atoms with Crippen LogP contribution in [0.4, 0.5) is 8.78 Å². The topological polar surface area (TPSA) is 63.2 Å². The molecule has 0 bridgehead atoms. The predicted molar refractivity (Wildman–Crippen MR) is 73.6 cm³/mol. The van der Waals surface area contributed by atoms with E-state index in [4.69, 9.17) is 11.6 Å². The molecule has 1 aromatic rings. The molecule has 1 aliphatic heterocycles. The Morgan fingerprint density at radius 2 is 1.85 bits per heavy atom. The summed E-state index contributed by atoms with van der Waals surface area (Å²) in [6.07, 6.45) is 0. The van der Waals surface area contributed by atoms with Crippen LogP contribution in [0.2, 0.25) is 0 Å². The van der Waals surface area contributed by atoms with Crippen molar-refractivity contribution in [3.63, 3.8) is 0 Å². The molecule has 0 radical (unpaired) electrons. The largest absolute Gasteiger partial charge is 0.347 e. The Bertz CT molecular complexity index is 645. The van der Waals surface area contributed by atoms with Crippen LogP contribution in [0.1, 0.15) is 10.4 Å². The molecule has 0 saturated carbocycles. The van der Waals surface area contributed by atoms with E-state index >= 15 is 0 Å². The second-order valence-electron chi connectivity index (χ2n) is 4.42. The van der Waals surface area contributed by atoms with Crippen molar-refractivity contribution in [1.29, 1.82) is 0 Å². The van der Waals surface area contributed by atoms with Gasteiger partial charge in [-0.15, -0.1) is 11.6 Å². The SMILES string of the molecule is O=C(NC1CS(=O)(=O)CC1Cl)c1c(F)cc(Br)cc1F. The number of halogens is 4. The van der Waals surface area contributed by atoms with E-state index in [2.05, 4.69) is 21.2 Å². The molecule has 0 aliphatic carbocycles. The van der Waals surface area contributed by atoms with Gasteiger partial charge in [0.15, 0.2) is 9.84 Å². The van der Waals surface area contributed by atoms with Crippen molar-refractivity contribution < 1.29 is 22.0 Å². The van der Waals surface area contributed by atoms with Crippen molar-refractivity contribution in [2.45, 2.75) is 11.4 Å². The van der Waals surface area contributed by atoms with Crippen LogP contribution in [0.15, 0.2) is 16.6 Å². The first-order chi connectivity index (χ1) is 9.19. The zero-order valence-electron chi connectivity index (χ0n) is 9.87. The summed E-state index contributed by atoms with van der Waals surface area (Å²) < 4.78 is 50.1. The Hall–Kier alpha value is -0.730. The lowest BCUT2D eigenvalue weighted by atomic mass is 10.1. The maximum absolute atomic E-state index is 13.6. The van der Waals surface area contributed by atoms with Crippen molar-refractivity contribution >= 4 is 43.3 Å². The average molecular weight is 389 g/mol. The number of carbonyl (C=O) groups excluding carboxylic acids is 1. The third-order valence-corrected chi connectivity index (χ3v) is 5.67. The van der Waals surface area contributed by atoms with Crippen LogP contribution < -0.4 is 5.32 Å². The quantitative estimate of drug-likeness (QED) is 0.787. The van der Waals surface area contributed by atoms with E-state index in [0.717, 1.165) is 12.1 Å². The summed E-state index contributed by atoms with van der Waals surface area (Å²) in [4.78, 5) is 11.9. The number of benzene rings is 1. The molecule has 1 aromatic carbocycles. The van der Waals surface area contributed by atoms with Crippen molar-refractivity contribution in [3.8, 4) is 0 Å². The fourth-order valence-corrected chi connectivity index (χ4v) is 4.89. The van der Waals surface area contributed by atoms with Gasteiger partial charge < -0.3 is 5.32 Å². The van der Waals surface area contributed by atoms with Gasteiger partial charge in [-0.1, -0.05) is 15.9 Å². The van der Waals surface area contributed by atoms with Crippen molar-refractivity contribution in [1.82, 2.24) is 5.32 Å².